The van der Waals surface area contributed by atoms with Gasteiger partial charge in [0.2, 0.25) is 0 Å². The zero-order valence-corrected chi connectivity index (χ0v) is 33.6. The van der Waals surface area contributed by atoms with Crippen LogP contribution in [-0.4, -0.2) is 3.71 Å². The van der Waals surface area contributed by atoms with Crippen LogP contribution in [0.3, 0.4) is 0 Å². The van der Waals surface area contributed by atoms with Crippen molar-refractivity contribution in [3.05, 3.63) is 153 Å². The van der Waals surface area contributed by atoms with E-state index < -0.39 is 21.3 Å². The molecule has 0 bridgehead atoms. The van der Waals surface area contributed by atoms with Gasteiger partial charge in [0.05, 0.1) is 0 Å². The molecule has 49 heavy (non-hydrogen) atoms. The van der Waals surface area contributed by atoms with Gasteiger partial charge in [-0.1, -0.05) is 0 Å². The van der Waals surface area contributed by atoms with E-state index in [1.807, 2.05) is 12.1 Å². The van der Waals surface area contributed by atoms with Crippen molar-refractivity contribution >= 4 is 20.4 Å². The maximum Gasteiger partial charge on any atom is -1.00 e. The van der Waals surface area contributed by atoms with E-state index in [0.717, 1.165) is 12.0 Å². The van der Waals surface area contributed by atoms with Gasteiger partial charge in [-0.25, -0.2) is 0 Å². The third-order valence-corrected chi connectivity index (χ3v) is 20.2. The topological polar surface area (TPSA) is 0 Å². The number of hydrogen-bond donors (Lipinski definition) is 0. The van der Waals surface area contributed by atoms with Crippen molar-refractivity contribution in [3.8, 4) is 11.1 Å². The average Bonchev–Trinajstić information content (AvgIpc) is 3.67. The first-order chi connectivity index (χ1) is 22.3. The molecule has 0 heterocycles. The second-order valence-electron chi connectivity index (χ2n) is 15.3. The van der Waals surface area contributed by atoms with Crippen LogP contribution in [-0.2, 0) is 38.5 Å². The van der Waals surface area contributed by atoms with Gasteiger partial charge in [-0.15, -0.1) is 0 Å². The molecule has 1 atom stereocenters. The van der Waals surface area contributed by atoms with Gasteiger partial charge in [0.15, 0.2) is 0 Å². The van der Waals surface area contributed by atoms with Crippen molar-refractivity contribution in [2.75, 3.05) is 0 Å². The Morgan fingerprint density at radius 3 is 2.00 bits per heavy atom. The molecule has 8 rings (SSSR count). The van der Waals surface area contributed by atoms with Crippen molar-refractivity contribution in [2.24, 2.45) is 5.92 Å². The fourth-order valence-corrected chi connectivity index (χ4v) is 18.0. The minimum atomic E-state index is -2.72. The van der Waals surface area contributed by atoms with Gasteiger partial charge < -0.3 is 24.8 Å². The molecule has 0 saturated heterocycles. The Hall–Kier alpha value is -2.90. The van der Waals surface area contributed by atoms with Gasteiger partial charge in [-0.3, -0.25) is 0 Å². The van der Waals surface area contributed by atoms with Crippen LogP contribution in [0.2, 0.25) is 0 Å². The van der Waals surface area contributed by atoms with Crippen LogP contribution in [0.15, 0.2) is 103 Å². The number of halogens is 3. The second kappa shape index (κ2) is 12.7. The monoisotopic (exact) mass is 762 g/mol. The Morgan fingerprint density at radius 2 is 1.35 bits per heavy atom. The van der Waals surface area contributed by atoms with Crippen molar-refractivity contribution < 1.29 is 50.5 Å². The molecule has 4 aromatic rings. The summed E-state index contributed by atoms with van der Waals surface area (Å²) in [5.41, 5.74) is 19.7. The largest absolute Gasteiger partial charge is 1.00 e. The van der Waals surface area contributed by atoms with E-state index in [-0.39, 0.29) is 41.5 Å². The van der Waals surface area contributed by atoms with Crippen LogP contribution in [0.25, 0.3) is 27.8 Å². The summed E-state index contributed by atoms with van der Waals surface area (Å²) in [7, 11) is 0. The van der Waals surface area contributed by atoms with Crippen molar-refractivity contribution in [1.29, 1.82) is 0 Å². The van der Waals surface area contributed by atoms with E-state index in [0.29, 0.717) is 5.92 Å². The number of benzene rings is 4. The molecule has 4 aromatic carbocycles. The predicted molar refractivity (Wildman–Crippen MR) is 195 cm³/mol. The summed E-state index contributed by atoms with van der Waals surface area (Å²) in [6, 6.07) is 28.1. The van der Waals surface area contributed by atoms with E-state index in [2.05, 4.69) is 126 Å². The Bertz CT molecular complexity index is 2190. The summed E-state index contributed by atoms with van der Waals surface area (Å²) in [5.74, 6) is 0.194. The average molecular weight is 765 g/mol. The molecule has 0 aliphatic heterocycles. The van der Waals surface area contributed by atoms with Gasteiger partial charge in [0.1, 0.15) is 0 Å². The van der Waals surface area contributed by atoms with E-state index in [9.17, 15) is 4.39 Å². The van der Waals surface area contributed by atoms with Crippen molar-refractivity contribution in [1.82, 2.24) is 0 Å². The molecule has 4 heteroatoms. The van der Waals surface area contributed by atoms with Crippen LogP contribution < -0.4 is 24.8 Å². The maximum atomic E-state index is 14.1. The molecule has 4 aliphatic carbocycles. The van der Waals surface area contributed by atoms with Gasteiger partial charge >= 0.3 is 289 Å². The normalized spacial score (nSPS) is 19.1. The summed E-state index contributed by atoms with van der Waals surface area (Å²) in [5, 5.41) is 0. The summed E-state index contributed by atoms with van der Waals surface area (Å²) in [6.07, 6.45) is 5.93. The predicted octanol–water partition coefficient (Wildman–Crippen LogP) is 5.60. The molecule has 4 aliphatic rings. The van der Waals surface area contributed by atoms with Crippen LogP contribution in [0.5, 0.6) is 0 Å². The van der Waals surface area contributed by atoms with Gasteiger partial charge in [-0.05, 0) is 0 Å². The third kappa shape index (κ3) is 5.62. The van der Waals surface area contributed by atoms with E-state index in [1.54, 1.807) is 18.7 Å². The molecule has 0 spiro atoms. The number of allylic oxidation sites excluding steroid dienone is 8. The Kier molecular flexibility index (Phi) is 9.31. The molecule has 0 radical (unpaired) electrons. The van der Waals surface area contributed by atoms with Crippen LogP contribution >= 0.6 is 0 Å². The van der Waals surface area contributed by atoms with Gasteiger partial charge in [0.25, 0.3) is 0 Å². The Labute approximate surface area is 311 Å². The molecule has 0 nitrogen and oxygen atoms in total. The van der Waals surface area contributed by atoms with Crippen molar-refractivity contribution in [2.45, 2.75) is 72.6 Å². The molecule has 0 saturated carbocycles. The first-order valence-corrected chi connectivity index (χ1v) is 21.0. The zero-order chi connectivity index (χ0) is 33.0. The number of fused-ring (bicyclic) bond motifs is 5. The van der Waals surface area contributed by atoms with Crippen LogP contribution in [0.1, 0.15) is 99.9 Å². The maximum absolute atomic E-state index is 14.1. The third-order valence-electron chi connectivity index (χ3n) is 11.4. The minimum Gasteiger partial charge on any atom is -1.00 e. The van der Waals surface area contributed by atoms with Gasteiger partial charge in [0, 0.05) is 0 Å². The molecule has 248 valence electrons. The number of rotatable bonds is 4. The minimum absolute atomic E-state index is 0. The standard InChI is InChI=1S/C25H25.C13H13.C7H5F.2ClH.Zr/c1-14-12-24(3,4)22-8-16-7-17-9-23-19(15(2)13-25(23,5)6)11-21(17)20(16)10-18(14)22;1-10-8-11(2)13(9-10)12-6-4-3-5-7-12;1-6-2-4-7(8)5-3-6;;;/h8-12H,7H2,1-6H3;3-7,9-10H,1-2H3;1-5H;2*1H;/q;;;;;+2/p-2. The first kappa shape index (κ1) is 35.9. The van der Waals surface area contributed by atoms with E-state index >= 15 is 0 Å². The Morgan fingerprint density at radius 1 is 0.735 bits per heavy atom. The molecule has 0 aromatic heterocycles. The molecular formula is C45H43Cl2FZr. The second-order valence-corrected chi connectivity index (χ2v) is 20.6. The van der Waals surface area contributed by atoms with E-state index in [4.69, 9.17) is 0 Å². The number of hydrogen-bond acceptors (Lipinski definition) is 0. The first-order valence-electron chi connectivity index (χ1n) is 17.1. The molecule has 0 amide bonds. The fourth-order valence-electron chi connectivity index (χ4n) is 9.28. The Balaban J connectivity index is 0.00000208. The smallest absolute Gasteiger partial charge is 1.00 e. The summed E-state index contributed by atoms with van der Waals surface area (Å²) >= 11 is -2.72. The van der Waals surface area contributed by atoms with Crippen LogP contribution in [0.4, 0.5) is 4.39 Å². The fraction of sp³-hybridized carbons (Fsp3) is 0.267. The molecular weight excluding hydrogens is 722 g/mol. The molecule has 1 unspecified atom stereocenters. The summed E-state index contributed by atoms with van der Waals surface area (Å²) in [4.78, 5) is 0. The summed E-state index contributed by atoms with van der Waals surface area (Å²) in [6.45, 7) is 19.0. The molecule has 0 N–H and O–H groups in total. The quantitative estimate of drug-likeness (QED) is 0.224. The molecule has 0 fully saturated rings. The van der Waals surface area contributed by atoms with Gasteiger partial charge in [-0.2, -0.15) is 0 Å². The van der Waals surface area contributed by atoms with Crippen LogP contribution in [0, 0.1) is 11.7 Å². The zero-order valence-electron chi connectivity index (χ0n) is 29.7. The van der Waals surface area contributed by atoms with Crippen molar-refractivity contribution in [3.63, 3.8) is 0 Å². The summed E-state index contributed by atoms with van der Waals surface area (Å²) < 4.78 is 20.0. The SMILES string of the molecule is CC1=CC(C)(C)c2cc3c(cc21)-c1cc2c(cc1C3)C(C)(C)[C]([Zr+2](=[CH]c1ccc(F)cc1)[C]1=C(C)C(c3ccccc3)=CC1C)=C2C.[Cl-].[Cl-]. The van der Waals surface area contributed by atoms with E-state index in [1.165, 1.54) is 72.4 Å².